The summed E-state index contributed by atoms with van der Waals surface area (Å²) in [6.07, 6.45) is -2.74. The number of fused-ring (bicyclic) bond motifs is 1. The number of methoxy groups -OCH3 is 1. The Morgan fingerprint density at radius 1 is 1.25 bits per heavy atom. The minimum Gasteiger partial charge on any atom is -0.465 e. The van der Waals surface area contributed by atoms with Crippen LogP contribution in [-0.4, -0.2) is 48.4 Å². The number of para-hydroxylation sites is 1. The molecule has 4 nitrogen and oxygen atoms in total. The van der Waals surface area contributed by atoms with Crippen molar-refractivity contribution in [2.45, 2.75) is 38.9 Å². The zero-order valence-corrected chi connectivity index (χ0v) is 17.1. The van der Waals surface area contributed by atoms with Gasteiger partial charge in [-0.3, -0.25) is 4.90 Å². The number of alkyl halides is 3. The normalized spacial score (nSPS) is 17.4. The largest absolute Gasteiger partial charge is 0.465 e. The van der Waals surface area contributed by atoms with Gasteiger partial charge >= 0.3 is 12.1 Å². The highest BCUT2D eigenvalue weighted by atomic mass is 35.5. The molecular formula is C20H26ClF3N2O2. The molecule has 156 valence electrons. The average molecular weight is 419 g/mol. The molecule has 1 aromatic carbocycles. The number of rotatable bonds is 4. The maximum atomic E-state index is 12.6. The van der Waals surface area contributed by atoms with Crippen LogP contribution < -0.4 is 0 Å². The Kier molecular flexibility index (Phi) is 7.04. The Labute approximate surface area is 169 Å². The van der Waals surface area contributed by atoms with E-state index in [9.17, 15) is 18.0 Å². The maximum Gasteiger partial charge on any atom is 0.401 e. The number of ether oxygens (including phenoxy) is 1. The van der Waals surface area contributed by atoms with Crippen LogP contribution in [0.5, 0.6) is 0 Å². The molecule has 2 aromatic rings. The summed E-state index contributed by atoms with van der Waals surface area (Å²) in [4.78, 5) is 13.8. The number of esters is 1. The van der Waals surface area contributed by atoms with Crippen molar-refractivity contribution in [1.82, 2.24) is 9.47 Å². The molecule has 0 N–H and O–H groups in total. The van der Waals surface area contributed by atoms with Gasteiger partial charge in [0, 0.05) is 22.6 Å². The molecule has 1 saturated heterocycles. The van der Waals surface area contributed by atoms with Crippen molar-refractivity contribution in [2.24, 2.45) is 5.92 Å². The Hall–Kier alpha value is -1.73. The molecule has 1 atom stereocenters. The van der Waals surface area contributed by atoms with E-state index in [4.69, 9.17) is 4.74 Å². The monoisotopic (exact) mass is 418 g/mol. The first kappa shape index (κ1) is 22.6. The number of piperidine rings is 1. The van der Waals surface area contributed by atoms with Crippen molar-refractivity contribution < 1.29 is 22.7 Å². The lowest BCUT2D eigenvalue weighted by Gasteiger charge is -2.36. The minimum atomic E-state index is -4.15. The van der Waals surface area contributed by atoms with E-state index in [1.807, 2.05) is 31.2 Å². The highest BCUT2D eigenvalue weighted by Crippen LogP contribution is 2.36. The van der Waals surface area contributed by atoms with Crippen LogP contribution in [0, 0.1) is 12.8 Å². The molecule has 0 unspecified atom stereocenters. The van der Waals surface area contributed by atoms with Gasteiger partial charge in [0.05, 0.1) is 19.2 Å². The topological polar surface area (TPSA) is 34.5 Å². The summed E-state index contributed by atoms with van der Waals surface area (Å²) in [6.45, 7) is 4.03. The molecule has 0 radical (unpaired) electrons. The second kappa shape index (κ2) is 8.74. The third-order valence-electron chi connectivity index (χ3n) is 5.67. The Balaban J connectivity index is 0.00000280. The standard InChI is InChI=1S/C20H25F3N2O2.ClH/c1-13(15-8-10-24(11-9-15)12-20(21,22)23)25-14(2)18(19(26)27-3)16-6-4-5-7-17(16)25;/h4-7,13,15H,8-12H2,1-3H3;1H/t13-;/m1./s1. The molecule has 1 aliphatic rings. The zero-order chi connectivity index (χ0) is 19.8. The molecule has 8 heteroatoms. The van der Waals surface area contributed by atoms with Crippen molar-refractivity contribution in [3.8, 4) is 0 Å². The first-order valence-corrected chi connectivity index (χ1v) is 9.20. The molecule has 2 heterocycles. The van der Waals surface area contributed by atoms with E-state index in [0.717, 1.165) is 16.6 Å². The third-order valence-corrected chi connectivity index (χ3v) is 5.67. The summed E-state index contributed by atoms with van der Waals surface area (Å²) in [5, 5.41) is 0.850. The third kappa shape index (κ3) is 4.46. The van der Waals surface area contributed by atoms with Crippen LogP contribution in [0.3, 0.4) is 0 Å². The van der Waals surface area contributed by atoms with Crippen LogP contribution >= 0.6 is 12.4 Å². The van der Waals surface area contributed by atoms with Crippen LogP contribution in [0.1, 0.15) is 41.9 Å². The van der Waals surface area contributed by atoms with E-state index in [-0.39, 0.29) is 30.3 Å². The lowest BCUT2D eigenvalue weighted by molar-refractivity contribution is -0.149. The van der Waals surface area contributed by atoms with Crippen LogP contribution in [-0.2, 0) is 4.74 Å². The van der Waals surface area contributed by atoms with Crippen molar-refractivity contribution in [3.63, 3.8) is 0 Å². The molecule has 1 fully saturated rings. The number of benzene rings is 1. The van der Waals surface area contributed by atoms with Gasteiger partial charge in [0.2, 0.25) is 0 Å². The lowest BCUT2D eigenvalue weighted by Crippen LogP contribution is -2.41. The lowest BCUT2D eigenvalue weighted by atomic mass is 9.90. The van der Waals surface area contributed by atoms with E-state index in [1.54, 1.807) is 0 Å². The van der Waals surface area contributed by atoms with Gasteiger partial charge in [-0.25, -0.2) is 4.79 Å². The summed E-state index contributed by atoms with van der Waals surface area (Å²) in [5.41, 5.74) is 2.36. The molecule has 1 aromatic heterocycles. The summed E-state index contributed by atoms with van der Waals surface area (Å²) in [5.74, 6) is -0.107. The second-order valence-corrected chi connectivity index (χ2v) is 7.31. The molecule has 0 amide bonds. The van der Waals surface area contributed by atoms with Gasteiger partial charge in [-0.15, -0.1) is 12.4 Å². The number of aromatic nitrogens is 1. The highest BCUT2D eigenvalue weighted by Gasteiger charge is 2.34. The molecule has 0 aliphatic carbocycles. The average Bonchev–Trinajstić information content (AvgIpc) is 2.91. The SMILES string of the molecule is COC(=O)c1c(C)n([C@H](C)C2CCN(CC(F)(F)F)CC2)c2ccccc12.Cl. The molecule has 0 saturated carbocycles. The van der Waals surface area contributed by atoms with Crippen molar-refractivity contribution in [1.29, 1.82) is 0 Å². The molecule has 3 rings (SSSR count). The number of nitrogens with zero attached hydrogens (tertiary/aromatic N) is 2. The van der Waals surface area contributed by atoms with Gasteiger partial charge in [0.15, 0.2) is 0 Å². The van der Waals surface area contributed by atoms with Crippen LogP contribution in [0.25, 0.3) is 10.9 Å². The maximum absolute atomic E-state index is 12.6. The van der Waals surface area contributed by atoms with Crippen molar-refractivity contribution >= 4 is 29.3 Å². The number of hydrogen-bond acceptors (Lipinski definition) is 3. The van der Waals surface area contributed by atoms with Gasteiger partial charge < -0.3 is 9.30 Å². The fraction of sp³-hybridized carbons (Fsp3) is 0.550. The van der Waals surface area contributed by atoms with Crippen LogP contribution in [0.4, 0.5) is 13.2 Å². The van der Waals surface area contributed by atoms with E-state index < -0.39 is 12.7 Å². The summed E-state index contributed by atoms with van der Waals surface area (Å²) in [7, 11) is 1.37. The molecule has 0 bridgehead atoms. The highest BCUT2D eigenvalue weighted by molar-refractivity contribution is 6.05. The predicted octanol–water partition coefficient (Wildman–Crippen LogP) is 4.99. The predicted molar refractivity (Wildman–Crippen MR) is 105 cm³/mol. The fourth-order valence-electron chi connectivity index (χ4n) is 4.33. The van der Waals surface area contributed by atoms with E-state index in [2.05, 4.69) is 11.5 Å². The summed E-state index contributed by atoms with van der Waals surface area (Å²) < 4.78 is 44.9. The van der Waals surface area contributed by atoms with Gasteiger partial charge in [-0.1, -0.05) is 18.2 Å². The first-order valence-electron chi connectivity index (χ1n) is 9.20. The second-order valence-electron chi connectivity index (χ2n) is 7.31. The summed E-state index contributed by atoms with van der Waals surface area (Å²) in [6, 6.07) is 7.78. The van der Waals surface area contributed by atoms with E-state index in [0.29, 0.717) is 31.5 Å². The first-order chi connectivity index (χ1) is 12.7. The van der Waals surface area contributed by atoms with Gasteiger partial charge in [-0.05, 0) is 51.8 Å². The molecule has 0 spiro atoms. The quantitative estimate of drug-likeness (QED) is 0.656. The minimum absolute atomic E-state index is 0. The van der Waals surface area contributed by atoms with E-state index >= 15 is 0 Å². The Bertz CT molecular complexity index is 827. The number of hydrogen-bond donors (Lipinski definition) is 0. The van der Waals surface area contributed by atoms with Gasteiger partial charge in [-0.2, -0.15) is 13.2 Å². The smallest absolute Gasteiger partial charge is 0.401 e. The van der Waals surface area contributed by atoms with Crippen LogP contribution in [0.2, 0.25) is 0 Å². The zero-order valence-electron chi connectivity index (χ0n) is 16.3. The van der Waals surface area contributed by atoms with E-state index in [1.165, 1.54) is 12.0 Å². The number of carbonyl (C=O) groups excluding carboxylic acids is 1. The number of carbonyl (C=O) groups is 1. The van der Waals surface area contributed by atoms with Crippen molar-refractivity contribution in [2.75, 3.05) is 26.7 Å². The molecule has 28 heavy (non-hydrogen) atoms. The molecular weight excluding hydrogens is 393 g/mol. The van der Waals surface area contributed by atoms with Gasteiger partial charge in [0.1, 0.15) is 0 Å². The van der Waals surface area contributed by atoms with Gasteiger partial charge in [0.25, 0.3) is 0 Å². The number of likely N-dealkylation sites (tertiary alicyclic amines) is 1. The molecule has 1 aliphatic heterocycles. The Morgan fingerprint density at radius 3 is 2.43 bits per heavy atom. The number of halogens is 4. The summed E-state index contributed by atoms with van der Waals surface area (Å²) >= 11 is 0. The fourth-order valence-corrected chi connectivity index (χ4v) is 4.33. The van der Waals surface area contributed by atoms with Crippen LogP contribution in [0.15, 0.2) is 24.3 Å². The Morgan fingerprint density at radius 2 is 1.86 bits per heavy atom. The van der Waals surface area contributed by atoms with Crippen molar-refractivity contribution in [3.05, 3.63) is 35.5 Å².